The van der Waals surface area contributed by atoms with Crippen LogP contribution < -0.4 is 10.1 Å². The van der Waals surface area contributed by atoms with Crippen LogP contribution in [-0.2, 0) is 32.1 Å². The number of carbonyl (C=O) groups excluding carboxylic acids is 2. The van der Waals surface area contributed by atoms with Gasteiger partial charge in [0, 0.05) is 13.0 Å². The van der Waals surface area contributed by atoms with Crippen LogP contribution >= 0.6 is 0 Å². The molecule has 6 nitrogen and oxygen atoms in total. The van der Waals surface area contributed by atoms with Crippen molar-refractivity contribution in [3.63, 3.8) is 0 Å². The minimum atomic E-state index is -0.725. The fraction of sp³-hybridized carbons (Fsp3) is 0.286. The Morgan fingerprint density at radius 2 is 1.56 bits per heavy atom. The topological polar surface area (TPSA) is 73.9 Å². The van der Waals surface area contributed by atoms with E-state index >= 15 is 0 Å². The van der Waals surface area contributed by atoms with Crippen LogP contribution in [0.1, 0.15) is 17.5 Å². The number of ketones is 1. The molecule has 1 aliphatic rings. The summed E-state index contributed by atoms with van der Waals surface area (Å²) in [5.74, 6) is 0.960. The third kappa shape index (κ3) is 7.01. The number of rotatable bonds is 11. The smallest absolute Gasteiger partial charge is 0.226 e. The van der Waals surface area contributed by atoms with Crippen molar-refractivity contribution in [3.8, 4) is 11.5 Å². The highest BCUT2D eigenvalue weighted by Gasteiger charge is 2.28. The van der Waals surface area contributed by atoms with Gasteiger partial charge in [0.15, 0.2) is 5.78 Å². The zero-order valence-corrected chi connectivity index (χ0v) is 19.0. The molecule has 2 unspecified atom stereocenters. The van der Waals surface area contributed by atoms with E-state index in [-0.39, 0.29) is 30.6 Å². The van der Waals surface area contributed by atoms with Crippen molar-refractivity contribution in [1.82, 2.24) is 5.32 Å². The van der Waals surface area contributed by atoms with E-state index in [4.69, 9.17) is 14.2 Å². The largest absolute Gasteiger partial charge is 0.457 e. The summed E-state index contributed by atoms with van der Waals surface area (Å²) < 4.78 is 16.9. The molecule has 0 aliphatic carbocycles. The zero-order valence-electron chi connectivity index (χ0n) is 19.0. The zero-order chi connectivity index (χ0) is 23.6. The van der Waals surface area contributed by atoms with Crippen LogP contribution in [0.3, 0.4) is 0 Å². The molecule has 0 saturated carbocycles. The van der Waals surface area contributed by atoms with Crippen LogP contribution in [0, 0.1) is 5.92 Å². The van der Waals surface area contributed by atoms with E-state index in [1.165, 1.54) is 0 Å². The fourth-order valence-electron chi connectivity index (χ4n) is 3.74. The van der Waals surface area contributed by atoms with Crippen LogP contribution in [0.25, 0.3) is 0 Å². The quantitative estimate of drug-likeness (QED) is 0.462. The highest BCUT2D eigenvalue weighted by molar-refractivity contribution is 5.91. The first kappa shape index (κ1) is 23.7. The van der Waals surface area contributed by atoms with Gasteiger partial charge >= 0.3 is 0 Å². The van der Waals surface area contributed by atoms with Crippen molar-refractivity contribution >= 4 is 11.7 Å². The van der Waals surface area contributed by atoms with Gasteiger partial charge in [-0.1, -0.05) is 60.7 Å². The summed E-state index contributed by atoms with van der Waals surface area (Å²) in [5, 5.41) is 2.89. The van der Waals surface area contributed by atoms with Crippen molar-refractivity contribution in [2.24, 2.45) is 5.92 Å². The monoisotopic (exact) mass is 459 g/mol. The Hall–Kier alpha value is -3.48. The summed E-state index contributed by atoms with van der Waals surface area (Å²) in [4.78, 5) is 25.8. The summed E-state index contributed by atoms with van der Waals surface area (Å²) in [6, 6.07) is 25.9. The van der Waals surface area contributed by atoms with Gasteiger partial charge in [-0.15, -0.1) is 0 Å². The Morgan fingerprint density at radius 3 is 2.24 bits per heavy atom. The number of carbonyl (C=O) groups is 2. The maximum absolute atomic E-state index is 13.1. The minimum absolute atomic E-state index is 0.0999. The molecular weight excluding hydrogens is 430 g/mol. The number of amides is 1. The maximum atomic E-state index is 13.1. The van der Waals surface area contributed by atoms with E-state index in [2.05, 4.69) is 5.32 Å². The molecule has 2 atom stereocenters. The minimum Gasteiger partial charge on any atom is -0.457 e. The van der Waals surface area contributed by atoms with Gasteiger partial charge in [-0.25, -0.2) is 0 Å². The summed E-state index contributed by atoms with van der Waals surface area (Å²) >= 11 is 0. The number of ether oxygens (including phenoxy) is 3. The van der Waals surface area contributed by atoms with Crippen LogP contribution in [0.5, 0.6) is 11.5 Å². The van der Waals surface area contributed by atoms with Gasteiger partial charge in [-0.2, -0.15) is 0 Å². The molecule has 1 aliphatic heterocycles. The van der Waals surface area contributed by atoms with E-state index in [1.807, 2.05) is 84.9 Å². The lowest BCUT2D eigenvalue weighted by atomic mass is 10.0. The predicted octanol–water partition coefficient (Wildman–Crippen LogP) is 4.33. The molecule has 1 saturated heterocycles. The molecule has 0 aromatic heterocycles. The number of hydrogen-bond acceptors (Lipinski definition) is 5. The Morgan fingerprint density at radius 1 is 0.882 bits per heavy atom. The first-order valence-electron chi connectivity index (χ1n) is 11.5. The first-order valence-corrected chi connectivity index (χ1v) is 11.5. The van der Waals surface area contributed by atoms with E-state index in [9.17, 15) is 9.59 Å². The van der Waals surface area contributed by atoms with Crippen LogP contribution in [0.4, 0.5) is 0 Å². The number of hydrogen-bond donors (Lipinski definition) is 1. The lowest BCUT2D eigenvalue weighted by molar-refractivity contribution is -0.131. The van der Waals surface area contributed by atoms with Gasteiger partial charge in [0.25, 0.3) is 0 Å². The lowest BCUT2D eigenvalue weighted by Crippen LogP contribution is -2.47. The van der Waals surface area contributed by atoms with Gasteiger partial charge in [-0.3, -0.25) is 9.59 Å². The fourth-order valence-corrected chi connectivity index (χ4v) is 3.74. The van der Waals surface area contributed by atoms with E-state index in [1.54, 1.807) is 0 Å². The third-order valence-electron chi connectivity index (χ3n) is 5.68. The van der Waals surface area contributed by atoms with E-state index < -0.39 is 6.04 Å². The molecule has 4 rings (SSSR count). The summed E-state index contributed by atoms with van der Waals surface area (Å²) in [6.07, 6.45) is 0.854. The average Bonchev–Trinajstić information content (AvgIpc) is 3.41. The standard InChI is InChI=1S/C28H29NO5/c30-27(17-21-11-13-25(14-12-21)34-24-9-5-2-6-10-24)26(29-28(31)23-15-16-32-19-23)20-33-18-22-7-3-1-4-8-22/h1-14,23,26H,15-20H2,(H,29,31). The molecule has 176 valence electrons. The predicted molar refractivity (Wildman–Crippen MR) is 129 cm³/mol. The first-order chi connectivity index (χ1) is 16.7. The van der Waals surface area contributed by atoms with Crippen molar-refractivity contribution in [3.05, 3.63) is 96.1 Å². The van der Waals surface area contributed by atoms with Crippen LogP contribution in [0.2, 0.25) is 0 Å². The molecule has 1 fully saturated rings. The second-order valence-corrected chi connectivity index (χ2v) is 8.32. The van der Waals surface area contributed by atoms with Crippen molar-refractivity contribution < 1.29 is 23.8 Å². The number of Topliss-reactive ketones (excluding diaryl/α,β-unsaturated/α-hetero) is 1. The Labute approximate surface area is 199 Å². The average molecular weight is 460 g/mol. The molecule has 0 radical (unpaired) electrons. The van der Waals surface area contributed by atoms with Gasteiger partial charge in [-0.05, 0) is 41.8 Å². The van der Waals surface area contributed by atoms with Crippen molar-refractivity contribution in [2.75, 3.05) is 19.8 Å². The molecule has 3 aromatic carbocycles. The van der Waals surface area contributed by atoms with Crippen molar-refractivity contribution in [1.29, 1.82) is 0 Å². The van der Waals surface area contributed by atoms with Crippen LogP contribution in [-0.4, -0.2) is 37.6 Å². The van der Waals surface area contributed by atoms with E-state index in [0.717, 1.165) is 16.9 Å². The summed E-state index contributed by atoms with van der Waals surface area (Å²) in [7, 11) is 0. The third-order valence-corrected chi connectivity index (χ3v) is 5.68. The SMILES string of the molecule is O=C(NC(COCc1ccccc1)C(=O)Cc1ccc(Oc2ccccc2)cc1)C1CCOC1. The Balaban J connectivity index is 1.36. The molecule has 0 bridgehead atoms. The molecule has 1 N–H and O–H groups in total. The van der Waals surface area contributed by atoms with Crippen molar-refractivity contribution in [2.45, 2.75) is 25.5 Å². The molecule has 6 heteroatoms. The summed E-state index contributed by atoms with van der Waals surface area (Å²) in [5.41, 5.74) is 1.86. The molecule has 1 heterocycles. The maximum Gasteiger partial charge on any atom is 0.226 e. The number of benzene rings is 3. The van der Waals surface area contributed by atoms with Crippen LogP contribution in [0.15, 0.2) is 84.9 Å². The molecular formula is C28H29NO5. The summed E-state index contributed by atoms with van der Waals surface area (Å²) in [6.45, 7) is 1.44. The van der Waals surface area contributed by atoms with Gasteiger partial charge in [0.2, 0.25) is 5.91 Å². The molecule has 34 heavy (non-hydrogen) atoms. The van der Waals surface area contributed by atoms with Gasteiger partial charge in [0.1, 0.15) is 17.5 Å². The second-order valence-electron chi connectivity index (χ2n) is 8.32. The highest BCUT2D eigenvalue weighted by Crippen LogP contribution is 2.21. The number of para-hydroxylation sites is 1. The lowest BCUT2D eigenvalue weighted by Gasteiger charge is -2.20. The van der Waals surface area contributed by atoms with Gasteiger partial charge in [0.05, 0.1) is 25.7 Å². The second kappa shape index (κ2) is 12.1. The molecule has 1 amide bonds. The van der Waals surface area contributed by atoms with E-state index in [0.29, 0.717) is 32.0 Å². The molecule has 3 aromatic rings. The number of nitrogens with one attached hydrogen (secondary N) is 1. The highest BCUT2D eigenvalue weighted by atomic mass is 16.5. The normalized spacial score (nSPS) is 16.1. The Kier molecular flexibility index (Phi) is 8.43. The Bertz CT molecular complexity index is 1050. The van der Waals surface area contributed by atoms with Gasteiger partial charge < -0.3 is 19.5 Å². The molecule has 0 spiro atoms.